The molecule has 1 aromatic rings. The lowest BCUT2D eigenvalue weighted by Crippen LogP contribution is -2.60. The van der Waals surface area contributed by atoms with Crippen molar-refractivity contribution in [2.75, 3.05) is 13.1 Å². The van der Waals surface area contributed by atoms with Crippen molar-refractivity contribution < 1.29 is 14.3 Å². The Labute approximate surface area is 163 Å². The normalized spacial score (nSPS) is 19.6. The molecule has 0 aromatic heterocycles. The fourth-order valence-corrected chi connectivity index (χ4v) is 4.09. The van der Waals surface area contributed by atoms with Crippen LogP contribution in [0.3, 0.4) is 0 Å². The molecule has 0 N–H and O–H groups in total. The smallest absolute Gasteiger partial charge is 0.410 e. The summed E-state index contributed by atoms with van der Waals surface area (Å²) < 4.78 is 12.4. The van der Waals surface area contributed by atoms with Gasteiger partial charge in [0, 0.05) is 23.0 Å². The molecule has 5 nitrogen and oxygen atoms in total. The lowest BCUT2D eigenvalue weighted by atomic mass is 9.68. The van der Waals surface area contributed by atoms with Crippen LogP contribution in [0, 0.1) is 16.7 Å². The topological polar surface area (TPSA) is 62.6 Å². The van der Waals surface area contributed by atoms with Gasteiger partial charge in [0.05, 0.1) is 11.7 Å². The minimum Gasteiger partial charge on any atom is -0.489 e. The number of nitrogens with zero attached hydrogens (tertiary/aromatic N) is 2. The van der Waals surface area contributed by atoms with Gasteiger partial charge in [0.25, 0.3) is 0 Å². The number of benzene rings is 1. The lowest BCUT2D eigenvalue weighted by molar-refractivity contribution is -0.0607. The molecule has 1 aromatic carbocycles. The van der Waals surface area contributed by atoms with Crippen LogP contribution in [-0.4, -0.2) is 35.8 Å². The standard InChI is InChI=1S/C20H25BrN2O3/c1-19(2,3)26-18(24)23-12-20(13-23)8-6-16(7-9-20)25-17-5-4-15(21)10-14(17)11-22/h4-5,10,16H,6-9,12-13H2,1-3H3. The monoisotopic (exact) mass is 420 g/mol. The van der Waals surface area contributed by atoms with Crippen LogP contribution in [0.15, 0.2) is 22.7 Å². The first-order chi connectivity index (χ1) is 12.2. The lowest BCUT2D eigenvalue weighted by Gasteiger charge is -2.53. The fraction of sp³-hybridized carbons (Fsp3) is 0.600. The van der Waals surface area contributed by atoms with Crippen LogP contribution in [0.1, 0.15) is 52.0 Å². The first-order valence-corrected chi connectivity index (χ1v) is 9.83. The molecule has 1 amide bonds. The highest BCUT2D eigenvalue weighted by Crippen LogP contribution is 2.45. The van der Waals surface area contributed by atoms with Crippen LogP contribution in [0.25, 0.3) is 0 Å². The molecule has 1 saturated heterocycles. The van der Waals surface area contributed by atoms with E-state index in [0.717, 1.165) is 43.2 Å². The van der Waals surface area contributed by atoms with Crippen LogP contribution in [-0.2, 0) is 4.74 Å². The van der Waals surface area contributed by atoms with E-state index in [0.29, 0.717) is 11.3 Å². The van der Waals surface area contributed by atoms with Crippen molar-refractivity contribution in [2.45, 2.75) is 58.2 Å². The van der Waals surface area contributed by atoms with E-state index in [2.05, 4.69) is 22.0 Å². The number of likely N-dealkylation sites (tertiary alicyclic amines) is 1. The SMILES string of the molecule is CC(C)(C)OC(=O)N1CC2(CCC(Oc3ccc(Br)cc3C#N)CC2)C1. The maximum atomic E-state index is 12.1. The Hall–Kier alpha value is -1.74. The van der Waals surface area contributed by atoms with Gasteiger partial charge in [-0.15, -0.1) is 0 Å². The molecule has 1 saturated carbocycles. The quantitative estimate of drug-likeness (QED) is 0.683. The molecule has 0 bridgehead atoms. The van der Waals surface area contributed by atoms with Crippen molar-refractivity contribution in [3.05, 3.63) is 28.2 Å². The van der Waals surface area contributed by atoms with Gasteiger partial charge in [0.2, 0.25) is 0 Å². The van der Waals surface area contributed by atoms with Crippen molar-refractivity contribution in [1.82, 2.24) is 4.90 Å². The largest absolute Gasteiger partial charge is 0.489 e. The molecule has 140 valence electrons. The zero-order valence-corrected chi connectivity index (χ0v) is 17.1. The van der Waals surface area contributed by atoms with Gasteiger partial charge in [-0.25, -0.2) is 4.79 Å². The van der Waals surface area contributed by atoms with Gasteiger partial charge in [-0.3, -0.25) is 0 Å². The fourth-order valence-electron chi connectivity index (χ4n) is 3.73. The summed E-state index contributed by atoms with van der Waals surface area (Å²) in [6.45, 7) is 7.22. The zero-order chi connectivity index (χ0) is 18.9. The number of hydrogen-bond donors (Lipinski definition) is 0. The summed E-state index contributed by atoms with van der Waals surface area (Å²) in [7, 11) is 0. The van der Waals surface area contributed by atoms with Gasteiger partial charge in [-0.1, -0.05) is 15.9 Å². The molecular weight excluding hydrogens is 396 g/mol. The molecule has 0 radical (unpaired) electrons. The average molecular weight is 421 g/mol. The molecule has 2 aliphatic rings. The Balaban J connectivity index is 1.50. The Kier molecular flexibility index (Phi) is 5.21. The molecule has 3 rings (SSSR count). The second-order valence-corrected chi connectivity index (χ2v) is 9.32. The minimum atomic E-state index is -0.450. The van der Waals surface area contributed by atoms with Gasteiger partial charge in [-0.05, 0) is 64.7 Å². The van der Waals surface area contributed by atoms with Crippen LogP contribution >= 0.6 is 15.9 Å². The van der Waals surface area contributed by atoms with E-state index in [-0.39, 0.29) is 17.6 Å². The maximum Gasteiger partial charge on any atom is 0.410 e. The highest BCUT2D eigenvalue weighted by molar-refractivity contribution is 9.10. The van der Waals surface area contributed by atoms with Gasteiger partial charge in [0.15, 0.2) is 0 Å². The Morgan fingerprint density at radius 1 is 1.31 bits per heavy atom. The van der Waals surface area contributed by atoms with Crippen molar-refractivity contribution in [1.29, 1.82) is 5.26 Å². The second-order valence-electron chi connectivity index (χ2n) is 8.41. The average Bonchev–Trinajstić information content (AvgIpc) is 2.53. The predicted molar refractivity (Wildman–Crippen MR) is 102 cm³/mol. The van der Waals surface area contributed by atoms with E-state index in [1.807, 2.05) is 32.9 Å². The first kappa shape index (κ1) is 19.0. The van der Waals surface area contributed by atoms with Crippen molar-refractivity contribution >= 4 is 22.0 Å². The Morgan fingerprint density at radius 2 is 1.96 bits per heavy atom. The molecule has 0 unspecified atom stereocenters. The summed E-state index contributed by atoms with van der Waals surface area (Å²) >= 11 is 3.38. The summed E-state index contributed by atoms with van der Waals surface area (Å²) in [5.41, 5.74) is 0.322. The third kappa shape index (κ3) is 4.32. The molecule has 26 heavy (non-hydrogen) atoms. The molecular formula is C20H25BrN2O3. The van der Waals surface area contributed by atoms with E-state index in [1.165, 1.54) is 0 Å². The van der Waals surface area contributed by atoms with Crippen LogP contribution < -0.4 is 4.74 Å². The molecule has 1 heterocycles. The number of amides is 1. The molecule has 1 spiro atoms. The zero-order valence-electron chi connectivity index (χ0n) is 15.5. The highest BCUT2D eigenvalue weighted by atomic mass is 79.9. The van der Waals surface area contributed by atoms with E-state index in [4.69, 9.17) is 9.47 Å². The van der Waals surface area contributed by atoms with Gasteiger partial charge >= 0.3 is 6.09 Å². The van der Waals surface area contributed by atoms with Gasteiger partial charge in [-0.2, -0.15) is 5.26 Å². The molecule has 0 atom stereocenters. The number of halogens is 1. The predicted octanol–water partition coefficient (Wildman–Crippen LogP) is 4.88. The summed E-state index contributed by atoms with van der Waals surface area (Å²) in [6.07, 6.45) is 3.89. The third-order valence-electron chi connectivity index (χ3n) is 5.05. The number of nitriles is 1. The summed E-state index contributed by atoms with van der Waals surface area (Å²) in [6, 6.07) is 7.71. The van der Waals surface area contributed by atoms with E-state index in [9.17, 15) is 10.1 Å². The van der Waals surface area contributed by atoms with Crippen molar-refractivity contribution in [3.63, 3.8) is 0 Å². The van der Waals surface area contributed by atoms with Crippen LogP contribution in [0.5, 0.6) is 5.75 Å². The van der Waals surface area contributed by atoms with Crippen LogP contribution in [0.4, 0.5) is 4.79 Å². The molecule has 1 aliphatic carbocycles. The number of hydrogen-bond acceptors (Lipinski definition) is 4. The van der Waals surface area contributed by atoms with E-state index < -0.39 is 5.60 Å². The number of ether oxygens (including phenoxy) is 2. The highest BCUT2D eigenvalue weighted by Gasteiger charge is 2.48. The summed E-state index contributed by atoms with van der Waals surface area (Å²) in [5.74, 6) is 0.653. The van der Waals surface area contributed by atoms with E-state index in [1.54, 1.807) is 11.0 Å². The van der Waals surface area contributed by atoms with E-state index >= 15 is 0 Å². The second kappa shape index (κ2) is 7.11. The first-order valence-electron chi connectivity index (χ1n) is 9.04. The van der Waals surface area contributed by atoms with Gasteiger partial charge in [0.1, 0.15) is 17.4 Å². The minimum absolute atomic E-state index is 0.129. The van der Waals surface area contributed by atoms with Crippen molar-refractivity contribution in [2.24, 2.45) is 5.41 Å². The summed E-state index contributed by atoms with van der Waals surface area (Å²) in [5, 5.41) is 9.26. The number of rotatable bonds is 2. The summed E-state index contributed by atoms with van der Waals surface area (Å²) in [4.78, 5) is 13.9. The van der Waals surface area contributed by atoms with Crippen molar-refractivity contribution in [3.8, 4) is 11.8 Å². The molecule has 1 aliphatic heterocycles. The van der Waals surface area contributed by atoms with Crippen LogP contribution in [0.2, 0.25) is 0 Å². The van der Waals surface area contributed by atoms with Gasteiger partial charge < -0.3 is 14.4 Å². The number of carbonyl (C=O) groups is 1. The Morgan fingerprint density at radius 3 is 2.54 bits per heavy atom. The molecule has 6 heteroatoms. The Bertz CT molecular complexity index is 720. The molecule has 2 fully saturated rings. The third-order valence-corrected chi connectivity index (χ3v) is 5.55. The maximum absolute atomic E-state index is 12.1. The number of carbonyl (C=O) groups excluding carboxylic acids is 1.